The molecule has 0 unspecified atom stereocenters. The lowest BCUT2D eigenvalue weighted by Gasteiger charge is -2.40. The van der Waals surface area contributed by atoms with Crippen molar-refractivity contribution in [2.45, 2.75) is 38.6 Å². The predicted octanol–water partition coefficient (Wildman–Crippen LogP) is 2.26. The lowest BCUT2D eigenvalue weighted by Crippen LogP contribution is -3.19. The third kappa shape index (κ3) is 3.47. The van der Waals surface area contributed by atoms with Gasteiger partial charge in [0.1, 0.15) is 0 Å². The molecular formula is C18H26ClN2O+. The first kappa shape index (κ1) is 15.8. The maximum absolute atomic E-state index is 12.6. The first-order valence-electron chi connectivity index (χ1n) is 8.54. The third-order valence-electron chi connectivity index (χ3n) is 5.40. The van der Waals surface area contributed by atoms with Crippen LogP contribution >= 0.6 is 11.6 Å². The van der Waals surface area contributed by atoms with Gasteiger partial charge in [0.05, 0.1) is 32.2 Å². The molecule has 2 fully saturated rings. The highest BCUT2D eigenvalue weighted by molar-refractivity contribution is 6.30. The number of nitrogens with one attached hydrogen (secondary N) is 1. The topological polar surface area (TPSA) is 24.8 Å². The standard InChI is InChI=1S/C18H25ClN2O/c1-14-5-2-3-8-17(14)20-9-11-21(12-10-20)18(22)15-6-4-7-16(19)13-15/h4,6-7,13-14,17H,2-3,5,8-12H2,1H3/p+1/t14-,17+/m1/s1. The van der Waals surface area contributed by atoms with Gasteiger partial charge in [0.2, 0.25) is 0 Å². The third-order valence-corrected chi connectivity index (χ3v) is 5.64. The van der Waals surface area contributed by atoms with Gasteiger partial charge in [0.25, 0.3) is 5.91 Å². The summed E-state index contributed by atoms with van der Waals surface area (Å²) in [7, 11) is 0. The van der Waals surface area contributed by atoms with Crippen LogP contribution in [0.5, 0.6) is 0 Å². The Labute approximate surface area is 138 Å². The summed E-state index contributed by atoms with van der Waals surface area (Å²) in [5, 5.41) is 0.631. The first-order chi connectivity index (χ1) is 10.6. The molecule has 3 rings (SSSR count). The molecule has 4 heteroatoms. The Kier molecular flexibility index (Phi) is 5.04. The van der Waals surface area contributed by atoms with E-state index in [0.717, 1.165) is 38.1 Å². The number of nitrogens with zero attached hydrogens (tertiary/aromatic N) is 1. The highest BCUT2D eigenvalue weighted by Gasteiger charge is 2.34. The number of rotatable bonds is 2. The molecule has 120 valence electrons. The smallest absolute Gasteiger partial charge is 0.254 e. The zero-order valence-electron chi connectivity index (χ0n) is 13.4. The summed E-state index contributed by atoms with van der Waals surface area (Å²) in [6, 6.07) is 8.09. The normalized spacial score (nSPS) is 26.9. The van der Waals surface area contributed by atoms with Crippen molar-refractivity contribution in [1.82, 2.24) is 4.90 Å². The number of benzene rings is 1. The van der Waals surface area contributed by atoms with Crippen LogP contribution in [0.4, 0.5) is 0 Å². The second-order valence-electron chi connectivity index (χ2n) is 6.83. The van der Waals surface area contributed by atoms with Crippen LogP contribution in [0.1, 0.15) is 43.0 Å². The molecule has 2 aliphatic rings. The Morgan fingerprint density at radius 1 is 1.23 bits per heavy atom. The molecule has 3 nitrogen and oxygen atoms in total. The summed E-state index contributed by atoms with van der Waals surface area (Å²) in [5.74, 6) is 0.956. The largest absolute Gasteiger partial charge is 0.329 e. The molecule has 22 heavy (non-hydrogen) atoms. The van der Waals surface area contributed by atoms with Crippen LogP contribution in [0.3, 0.4) is 0 Å². The van der Waals surface area contributed by atoms with Crippen molar-refractivity contribution in [1.29, 1.82) is 0 Å². The second kappa shape index (κ2) is 7.01. The molecular weight excluding hydrogens is 296 g/mol. The van der Waals surface area contributed by atoms with Crippen LogP contribution in [-0.4, -0.2) is 43.0 Å². The van der Waals surface area contributed by atoms with E-state index >= 15 is 0 Å². The van der Waals surface area contributed by atoms with Crippen molar-refractivity contribution in [3.8, 4) is 0 Å². The number of carbonyl (C=O) groups excluding carboxylic acids is 1. The van der Waals surface area contributed by atoms with E-state index in [0.29, 0.717) is 10.6 Å². The molecule has 0 spiro atoms. The van der Waals surface area contributed by atoms with Crippen LogP contribution in [0.15, 0.2) is 24.3 Å². The molecule has 1 aromatic carbocycles. The van der Waals surface area contributed by atoms with E-state index in [1.165, 1.54) is 25.7 Å². The van der Waals surface area contributed by atoms with E-state index < -0.39 is 0 Å². The molecule has 1 amide bonds. The fourth-order valence-electron chi connectivity index (χ4n) is 4.09. The number of quaternary nitrogens is 1. The molecule has 1 heterocycles. The van der Waals surface area contributed by atoms with Crippen molar-refractivity contribution >= 4 is 17.5 Å². The Balaban J connectivity index is 1.58. The van der Waals surface area contributed by atoms with Gasteiger partial charge in [-0.1, -0.05) is 31.0 Å². The first-order valence-corrected chi connectivity index (χ1v) is 8.92. The molecule has 1 aliphatic heterocycles. The number of carbonyl (C=O) groups is 1. The molecule has 0 aromatic heterocycles. The van der Waals surface area contributed by atoms with Gasteiger partial charge in [-0.3, -0.25) is 4.79 Å². The van der Waals surface area contributed by atoms with Gasteiger partial charge in [-0.25, -0.2) is 0 Å². The molecule has 1 aromatic rings. The van der Waals surface area contributed by atoms with Crippen LogP contribution in [0.25, 0.3) is 0 Å². The Bertz CT molecular complexity index is 526. The highest BCUT2D eigenvalue weighted by atomic mass is 35.5. The van der Waals surface area contributed by atoms with Gasteiger partial charge >= 0.3 is 0 Å². The zero-order valence-corrected chi connectivity index (χ0v) is 14.1. The van der Waals surface area contributed by atoms with Crippen LogP contribution in [0, 0.1) is 5.92 Å². The number of hydrogen-bond acceptors (Lipinski definition) is 1. The summed E-state index contributed by atoms with van der Waals surface area (Å²) < 4.78 is 0. The number of piperazine rings is 1. The van der Waals surface area contributed by atoms with E-state index in [2.05, 4.69) is 6.92 Å². The SMILES string of the molecule is C[C@@H]1CCCC[C@@H]1[NH+]1CCN(C(=O)c2cccc(Cl)c2)CC1. The van der Waals surface area contributed by atoms with Crippen molar-refractivity contribution in [3.63, 3.8) is 0 Å². The van der Waals surface area contributed by atoms with Gasteiger partial charge in [0.15, 0.2) is 0 Å². The number of amides is 1. The van der Waals surface area contributed by atoms with E-state index in [9.17, 15) is 4.79 Å². The summed E-state index contributed by atoms with van der Waals surface area (Å²) in [6.07, 6.45) is 5.51. The molecule has 1 saturated heterocycles. The monoisotopic (exact) mass is 321 g/mol. The van der Waals surface area contributed by atoms with E-state index in [-0.39, 0.29) is 5.91 Å². The van der Waals surface area contributed by atoms with Gasteiger partial charge in [-0.2, -0.15) is 0 Å². The molecule has 0 bridgehead atoms. The Hall–Kier alpha value is -1.06. The van der Waals surface area contributed by atoms with E-state index in [1.807, 2.05) is 23.1 Å². The number of hydrogen-bond donors (Lipinski definition) is 1. The maximum Gasteiger partial charge on any atom is 0.254 e. The predicted molar refractivity (Wildman–Crippen MR) is 89.5 cm³/mol. The second-order valence-corrected chi connectivity index (χ2v) is 7.27. The Morgan fingerprint density at radius 3 is 2.64 bits per heavy atom. The summed E-state index contributed by atoms with van der Waals surface area (Å²) in [4.78, 5) is 16.3. The van der Waals surface area contributed by atoms with E-state index in [4.69, 9.17) is 11.6 Å². The summed E-state index contributed by atoms with van der Waals surface area (Å²) in [6.45, 7) is 6.30. The van der Waals surface area contributed by atoms with Crippen LogP contribution in [0.2, 0.25) is 5.02 Å². The maximum atomic E-state index is 12.6. The fraction of sp³-hybridized carbons (Fsp3) is 0.611. The molecule has 1 N–H and O–H groups in total. The number of halogens is 1. The minimum absolute atomic E-state index is 0.123. The average molecular weight is 322 g/mol. The minimum Gasteiger partial charge on any atom is -0.329 e. The quantitative estimate of drug-likeness (QED) is 0.888. The molecule has 0 radical (unpaired) electrons. The van der Waals surface area contributed by atoms with Gasteiger partial charge < -0.3 is 9.80 Å². The van der Waals surface area contributed by atoms with Crippen molar-refractivity contribution < 1.29 is 9.69 Å². The van der Waals surface area contributed by atoms with Crippen molar-refractivity contribution in [3.05, 3.63) is 34.9 Å². The summed E-state index contributed by atoms with van der Waals surface area (Å²) >= 11 is 5.99. The lowest BCUT2D eigenvalue weighted by atomic mass is 9.84. The van der Waals surface area contributed by atoms with Gasteiger partial charge in [-0.05, 0) is 37.5 Å². The van der Waals surface area contributed by atoms with Crippen LogP contribution < -0.4 is 4.90 Å². The molecule has 1 aliphatic carbocycles. The summed E-state index contributed by atoms with van der Waals surface area (Å²) in [5.41, 5.74) is 0.710. The fourth-order valence-corrected chi connectivity index (χ4v) is 4.28. The Morgan fingerprint density at radius 2 is 1.95 bits per heavy atom. The van der Waals surface area contributed by atoms with Crippen molar-refractivity contribution in [2.75, 3.05) is 26.2 Å². The highest BCUT2D eigenvalue weighted by Crippen LogP contribution is 2.22. The zero-order chi connectivity index (χ0) is 15.5. The van der Waals surface area contributed by atoms with Gasteiger partial charge in [0, 0.05) is 16.5 Å². The average Bonchev–Trinajstić information content (AvgIpc) is 2.55. The van der Waals surface area contributed by atoms with Crippen LogP contribution in [-0.2, 0) is 0 Å². The minimum atomic E-state index is 0.123. The molecule has 2 atom stereocenters. The van der Waals surface area contributed by atoms with Crippen molar-refractivity contribution in [2.24, 2.45) is 5.92 Å². The van der Waals surface area contributed by atoms with Gasteiger partial charge in [-0.15, -0.1) is 0 Å². The lowest BCUT2D eigenvalue weighted by molar-refractivity contribution is -0.934. The molecule has 1 saturated carbocycles. The van der Waals surface area contributed by atoms with E-state index in [1.54, 1.807) is 11.0 Å².